The number of ether oxygens (including phenoxy) is 1. The largest absolute Gasteiger partial charge is 0.480 e. The summed E-state index contributed by atoms with van der Waals surface area (Å²) < 4.78 is 4.50. The Morgan fingerprint density at radius 1 is 1.32 bits per heavy atom. The first-order valence-electron chi connectivity index (χ1n) is 10.5. The first-order chi connectivity index (χ1) is 16.2. The molecule has 2 atom stereocenters. The van der Waals surface area contributed by atoms with Gasteiger partial charge in [-0.1, -0.05) is 0 Å². The van der Waals surface area contributed by atoms with Crippen LogP contribution in [0, 0.1) is 0 Å². The highest BCUT2D eigenvalue weighted by molar-refractivity contribution is 5.97. The molecule has 1 aliphatic rings. The number of esters is 1. The maximum atomic E-state index is 12.4. The predicted octanol–water partition coefficient (Wildman–Crippen LogP) is -0.169. The molecule has 0 saturated carbocycles. The lowest BCUT2D eigenvalue weighted by Crippen LogP contribution is -2.48. The van der Waals surface area contributed by atoms with Gasteiger partial charge in [-0.2, -0.15) is 4.98 Å². The van der Waals surface area contributed by atoms with Gasteiger partial charge in [0.05, 0.1) is 13.2 Å². The first kappa shape index (κ1) is 24.4. The van der Waals surface area contributed by atoms with Crippen molar-refractivity contribution in [1.82, 2.24) is 15.3 Å². The monoisotopic (exact) mass is 473 g/mol. The van der Waals surface area contributed by atoms with Gasteiger partial charge in [0.2, 0.25) is 5.95 Å². The average molecular weight is 473 g/mol. The van der Waals surface area contributed by atoms with Crippen LogP contribution in [-0.2, 0) is 14.3 Å². The number of methoxy groups -OCH3 is 1. The molecule has 3 rings (SSSR count). The van der Waals surface area contributed by atoms with E-state index in [2.05, 4.69) is 30.7 Å². The maximum absolute atomic E-state index is 12.4. The normalized spacial score (nSPS) is 15.5. The number of amides is 1. The molecule has 7 N–H and O–H groups in total. The van der Waals surface area contributed by atoms with Crippen LogP contribution in [0.25, 0.3) is 0 Å². The van der Waals surface area contributed by atoms with Crippen LogP contribution < -0.4 is 32.1 Å². The minimum absolute atomic E-state index is 0.0449. The zero-order chi connectivity index (χ0) is 24.8. The molecule has 1 aliphatic heterocycles. The minimum atomic E-state index is -1.24. The second kappa shape index (κ2) is 10.6. The fourth-order valence-corrected chi connectivity index (χ4v) is 3.53. The molecule has 13 heteroatoms. The van der Waals surface area contributed by atoms with E-state index in [1.807, 2.05) is 4.90 Å². The Morgan fingerprint density at radius 2 is 2.03 bits per heavy atom. The quantitative estimate of drug-likeness (QED) is 0.265. The number of nitrogens with one attached hydrogen (secondary N) is 4. The number of hydrogen-bond donors (Lipinski definition) is 6. The third-order valence-corrected chi connectivity index (χ3v) is 5.49. The second-order valence-electron chi connectivity index (χ2n) is 7.73. The number of nitrogen functional groups attached to an aromatic ring is 1. The van der Waals surface area contributed by atoms with Crippen molar-refractivity contribution >= 4 is 41.0 Å². The smallest absolute Gasteiger partial charge is 0.326 e. The van der Waals surface area contributed by atoms with E-state index < -0.39 is 29.4 Å². The SMILES string of the molecule is COC(=O)CC[C@H](NC(=O)c1ccc(NCC2CNc3[nH]c(N)nc(=O)c3N2C)cc1)C(=O)O. The number of H-pyrrole nitrogens is 1. The fraction of sp³-hybridized carbons (Fsp3) is 0.381. The van der Waals surface area contributed by atoms with Crippen molar-refractivity contribution in [3.05, 3.63) is 40.2 Å². The number of likely N-dealkylation sites (N-methyl/N-ethyl adjacent to an activating group) is 1. The van der Waals surface area contributed by atoms with Gasteiger partial charge >= 0.3 is 11.9 Å². The lowest BCUT2D eigenvalue weighted by molar-refractivity contribution is -0.142. The van der Waals surface area contributed by atoms with E-state index >= 15 is 0 Å². The molecule has 182 valence electrons. The van der Waals surface area contributed by atoms with Gasteiger partial charge in [-0.05, 0) is 30.7 Å². The molecule has 34 heavy (non-hydrogen) atoms. The number of carboxylic acid groups (broad SMARTS) is 1. The van der Waals surface area contributed by atoms with Crippen molar-refractivity contribution in [3.8, 4) is 0 Å². The van der Waals surface area contributed by atoms with Gasteiger partial charge in [-0.15, -0.1) is 0 Å². The number of benzene rings is 1. The molecular formula is C21H27N7O6. The maximum Gasteiger partial charge on any atom is 0.326 e. The van der Waals surface area contributed by atoms with Crippen LogP contribution in [0.1, 0.15) is 23.2 Å². The van der Waals surface area contributed by atoms with Gasteiger partial charge in [-0.25, -0.2) is 4.79 Å². The number of anilines is 4. The summed E-state index contributed by atoms with van der Waals surface area (Å²) in [5.74, 6) is -1.79. The molecule has 1 unspecified atom stereocenters. The van der Waals surface area contributed by atoms with Crippen molar-refractivity contribution in [1.29, 1.82) is 0 Å². The molecule has 0 spiro atoms. The number of hydrogen-bond acceptors (Lipinski definition) is 10. The third-order valence-electron chi connectivity index (χ3n) is 5.49. The van der Waals surface area contributed by atoms with E-state index in [0.717, 1.165) is 5.69 Å². The average Bonchev–Trinajstić information content (AvgIpc) is 2.80. The van der Waals surface area contributed by atoms with Gasteiger partial charge in [0, 0.05) is 37.8 Å². The Bertz CT molecular complexity index is 1120. The van der Waals surface area contributed by atoms with Crippen LogP contribution in [0.2, 0.25) is 0 Å². The summed E-state index contributed by atoms with van der Waals surface area (Å²) in [5.41, 5.74) is 6.58. The van der Waals surface area contributed by atoms with Crippen LogP contribution in [0.5, 0.6) is 0 Å². The van der Waals surface area contributed by atoms with Gasteiger partial charge in [0.1, 0.15) is 17.5 Å². The van der Waals surface area contributed by atoms with Crippen LogP contribution in [0.3, 0.4) is 0 Å². The molecular weight excluding hydrogens is 446 g/mol. The molecule has 1 aromatic heterocycles. The number of rotatable bonds is 9. The van der Waals surface area contributed by atoms with Crippen molar-refractivity contribution < 1.29 is 24.2 Å². The molecule has 13 nitrogen and oxygen atoms in total. The summed E-state index contributed by atoms with van der Waals surface area (Å²) in [6.45, 7) is 1.05. The van der Waals surface area contributed by atoms with E-state index in [9.17, 15) is 24.3 Å². The standard InChI is InChI=1S/C21H27N7O6/c1-28-13(10-24-17-16(28)19(31)27-21(22)26-17)9-23-12-5-3-11(4-6-12)18(30)25-14(20(32)33)7-8-15(29)34-2/h3-6,13-14,23H,7-10H2,1-2H3,(H,25,30)(H,32,33)(H4,22,24,26,27,31)/t13?,14-/m0/s1. The third kappa shape index (κ3) is 5.74. The van der Waals surface area contributed by atoms with Crippen LogP contribution in [0.15, 0.2) is 29.1 Å². The molecule has 1 amide bonds. The van der Waals surface area contributed by atoms with E-state index in [0.29, 0.717) is 24.6 Å². The number of carbonyl (C=O) groups excluding carboxylic acids is 2. The first-order valence-corrected chi connectivity index (χ1v) is 10.5. The molecule has 0 bridgehead atoms. The van der Waals surface area contributed by atoms with E-state index in [4.69, 9.17) is 5.73 Å². The number of nitrogens with zero attached hydrogens (tertiary/aromatic N) is 2. The zero-order valence-corrected chi connectivity index (χ0v) is 18.8. The van der Waals surface area contributed by atoms with Crippen molar-refractivity contribution in [2.75, 3.05) is 48.5 Å². The van der Waals surface area contributed by atoms with Crippen LogP contribution in [-0.4, -0.2) is 72.3 Å². The lowest BCUT2D eigenvalue weighted by atomic mass is 10.1. The summed E-state index contributed by atoms with van der Waals surface area (Å²) in [6.07, 6.45) is -0.203. The molecule has 0 aliphatic carbocycles. The topological polar surface area (TPSA) is 192 Å². The Labute approximate surface area is 194 Å². The molecule has 2 heterocycles. The predicted molar refractivity (Wildman–Crippen MR) is 125 cm³/mol. The Balaban J connectivity index is 1.57. The Morgan fingerprint density at radius 3 is 2.68 bits per heavy atom. The lowest BCUT2D eigenvalue weighted by Gasteiger charge is -2.35. The molecule has 1 aromatic carbocycles. The Hall–Kier alpha value is -4.29. The summed E-state index contributed by atoms with van der Waals surface area (Å²) in [5, 5.41) is 18.1. The molecule has 2 aromatic rings. The highest BCUT2D eigenvalue weighted by Gasteiger charge is 2.27. The summed E-state index contributed by atoms with van der Waals surface area (Å²) in [7, 11) is 3.01. The summed E-state index contributed by atoms with van der Waals surface area (Å²) in [6, 6.07) is 5.23. The zero-order valence-electron chi connectivity index (χ0n) is 18.8. The van der Waals surface area contributed by atoms with Crippen LogP contribution in [0.4, 0.5) is 23.1 Å². The van der Waals surface area contributed by atoms with Crippen molar-refractivity contribution in [2.24, 2.45) is 0 Å². The molecule has 0 fully saturated rings. The van der Waals surface area contributed by atoms with E-state index in [1.165, 1.54) is 7.11 Å². The number of fused-ring (bicyclic) bond motifs is 1. The molecule has 0 saturated heterocycles. The van der Waals surface area contributed by atoms with Crippen molar-refractivity contribution in [2.45, 2.75) is 24.9 Å². The highest BCUT2D eigenvalue weighted by atomic mass is 16.5. The number of nitrogens with two attached hydrogens (primary N) is 1. The van der Waals surface area contributed by atoms with E-state index in [-0.39, 0.29) is 30.4 Å². The fourth-order valence-electron chi connectivity index (χ4n) is 3.53. The van der Waals surface area contributed by atoms with Gasteiger partial charge in [0.25, 0.3) is 11.5 Å². The Kier molecular flexibility index (Phi) is 7.56. The van der Waals surface area contributed by atoms with Crippen molar-refractivity contribution in [3.63, 3.8) is 0 Å². The molecule has 0 radical (unpaired) electrons. The van der Waals surface area contributed by atoms with Gasteiger partial charge in [-0.3, -0.25) is 14.4 Å². The number of aromatic nitrogens is 2. The number of carboxylic acids is 1. The van der Waals surface area contributed by atoms with E-state index in [1.54, 1.807) is 31.3 Å². The number of aromatic amines is 1. The highest BCUT2D eigenvalue weighted by Crippen LogP contribution is 2.25. The second-order valence-corrected chi connectivity index (χ2v) is 7.73. The van der Waals surface area contributed by atoms with Gasteiger partial charge < -0.3 is 41.4 Å². The van der Waals surface area contributed by atoms with Gasteiger partial charge in [0.15, 0.2) is 0 Å². The summed E-state index contributed by atoms with van der Waals surface area (Å²) in [4.78, 5) is 55.7. The summed E-state index contributed by atoms with van der Waals surface area (Å²) >= 11 is 0. The number of carbonyl (C=O) groups is 3. The van der Waals surface area contributed by atoms with Crippen LogP contribution >= 0.6 is 0 Å². The minimum Gasteiger partial charge on any atom is -0.480 e. The number of aliphatic carboxylic acids is 1.